The van der Waals surface area contributed by atoms with Crippen LogP contribution < -0.4 is 5.32 Å². The van der Waals surface area contributed by atoms with Gasteiger partial charge in [0.25, 0.3) is 0 Å². The van der Waals surface area contributed by atoms with Crippen LogP contribution in [-0.2, 0) is 14.3 Å². The minimum absolute atomic E-state index is 0.0232. The van der Waals surface area contributed by atoms with Gasteiger partial charge >= 0.3 is 12.1 Å². The topological polar surface area (TPSA) is 95.9 Å². The van der Waals surface area contributed by atoms with Gasteiger partial charge in [-0.1, -0.05) is 62.4 Å². The minimum atomic E-state index is -0.815. The van der Waals surface area contributed by atoms with Crippen LogP contribution in [0.3, 0.4) is 0 Å². The van der Waals surface area contributed by atoms with Crippen LogP contribution in [-0.4, -0.2) is 53.7 Å². The molecule has 7 heteroatoms. The van der Waals surface area contributed by atoms with E-state index in [2.05, 4.69) is 29.6 Å². The maximum atomic E-state index is 12.9. The molecule has 0 bridgehead atoms. The summed E-state index contributed by atoms with van der Waals surface area (Å²) in [5.41, 5.74) is 3.88. The zero-order valence-electron chi connectivity index (χ0n) is 19.5. The third-order valence-corrected chi connectivity index (χ3v) is 7.77. The van der Waals surface area contributed by atoms with E-state index in [9.17, 15) is 19.5 Å². The zero-order valence-corrected chi connectivity index (χ0v) is 19.5. The first-order valence-electron chi connectivity index (χ1n) is 11.9. The van der Waals surface area contributed by atoms with E-state index in [-0.39, 0.29) is 49.3 Å². The lowest BCUT2D eigenvalue weighted by Gasteiger charge is -2.26. The van der Waals surface area contributed by atoms with E-state index >= 15 is 0 Å². The van der Waals surface area contributed by atoms with Crippen molar-refractivity contribution in [1.29, 1.82) is 0 Å². The highest BCUT2D eigenvalue weighted by atomic mass is 16.5. The van der Waals surface area contributed by atoms with Crippen molar-refractivity contribution in [2.45, 2.75) is 38.6 Å². The molecule has 7 nitrogen and oxygen atoms in total. The fraction of sp³-hybridized carbons (Fsp3) is 0.444. The third kappa shape index (κ3) is 3.83. The number of fused-ring (bicyclic) bond motifs is 4. The van der Waals surface area contributed by atoms with Crippen molar-refractivity contribution < 1.29 is 24.2 Å². The average Bonchev–Trinajstić information content (AvgIpc) is 3.25. The summed E-state index contributed by atoms with van der Waals surface area (Å²) in [6.07, 6.45) is 0.238. The minimum Gasteiger partial charge on any atom is -0.481 e. The smallest absolute Gasteiger partial charge is 0.407 e. The Morgan fingerprint density at radius 3 is 2.26 bits per heavy atom. The lowest BCUT2D eigenvalue weighted by atomic mass is 9.98. The number of aliphatic carboxylic acids is 1. The average molecular weight is 463 g/mol. The Bertz CT molecular complexity index is 1100. The Kier molecular flexibility index (Phi) is 5.58. The number of carbonyl (C=O) groups is 3. The number of piperidine rings is 1. The number of nitrogens with one attached hydrogen (secondary N) is 1. The van der Waals surface area contributed by atoms with Gasteiger partial charge in [0.2, 0.25) is 5.91 Å². The third-order valence-electron chi connectivity index (χ3n) is 7.77. The van der Waals surface area contributed by atoms with Crippen LogP contribution in [0.5, 0.6) is 0 Å². The highest BCUT2D eigenvalue weighted by Crippen LogP contribution is 2.58. The van der Waals surface area contributed by atoms with Gasteiger partial charge in [0.05, 0.1) is 5.41 Å². The van der Waals surface area contributed by atoms with Crippen LogP contribution in [0.2, 0.25) is 0 Å². The summed E-state index contributed by atoms with van der Waals surface area (Å²) in [4.78, 5) is 38.7. The maximum Gasteiger partial charge on any atom is 0.407 e. The fourth-order valence-electron chi connectivity index (χ4n) is 5.57. The number of alkyl carbamates (subject to hydrolysis) is 1. The van der Waals surface area contributed by atoms with E-state index < -0.39 is 17.5 Å². The number of hydrogen-bond acceptors (Lipinski definition) is 4. The molecule has 2 aromatic carbocycles. The Hall–Kier alpha value is -3.35. The molecule has 2 amide bonds. The normalized spacial score (nSPS) is 23.1. The molecule has 2 aliphatic carbocycles. The number of carboxylic acids is 1. The fourth-order valence-corrected chi connectivity index (χ4v) is 5.57. The van der Waals surface area contributed by atoms with Gasteiger partial charge < -0.3 is 20.1 Å². The van der Waals surface area contributed by atoms with E-state index in [1.165, 1.54) is 11.1 Å². The first-order valence-corrected chi connectivity index (χ1v) is 11.9. The molecule has 1 aliphatic heterocycles. The van der Waals surface area contributed by atoms with Crippen molar-refractivity contribution in [2.24, 2.45) is 17.3 Å². The van der Waals surface area contributed by atoms with E-state index in [4.69, 9.17) is 4.74 Å². The maximum absolute atomic E-state index is 12.9. The lowest BCUT2D eigenvalue weighted by molar-refractivity contribution is -0.144. The molecule has 3 atom stereocenters. The van der Waals surface area contributed by atoms with E-state index in [0.717, 1.165) is 11.1 Å². The van der Waals surface area contributed by atoms with Gasteiger partial charge in [-0.15, -0.1) is 0 Å². The molecule has 0 spiro atoms. The molecule has 1 saturated heterocycles. The van der Waals surface area contributed by atoms with Crippen molar-refractivity contribution in [3.8, 4) is 11.1 Å². The van der Waals surface area contributed by atoms with Gasteiger partial charge in [0.1, 0.15) is 6.61 Å². The molecular formula is C27H30N2O5. The van der Waals surface area contributed by atoms with Gasteiger partial charge in [-0.05, 0) is 40.5 Å². The van der Waals surface area contributed by atoms with Crippen LogP contribution in [0.4, 0.5) is 4.79 Å². The second-order valence-corrected chi connectivity index (χ2v) is 10.2. The predicted octanol–water partition coefficient (Wildman–Crippen LogP) is 3.87. The SMILES string of the molecule is CC(C)[C@@H](CC(=O)N1CC2CC2(C(=O)O)C1)NC(=O)OCC1c2ccccc2-c2ccccc21. The number of ether oxygens (including phenoxy) is 1. The molecule has 1 saturated carbocycles. The highest BCUT2D eigenvalue weighted by Gasteiger charge is 2.66. The first kappa shape index (κ1) is 22.4. The summed E-state index contributed by atoms with van der Waals surface area (Å²) in [5.74, 6) is -0.882. The van der Waals surface area contributed by atoms with Gasteiger partial charge in [-0.25, -0.2) is 4.79 Å². The lowest BCUT2D eigenvalue weighted by Crippen LogP contribution is -2.44. The summed E-state index contributed by atoms with van der Waals surface area (Å²) in [5, 5.41) is 12.3. The second-order valence-electron chi connectivity index (χ2n) is 10.2. The summed E-state index contributed by atoms with van der Waals surface area (Å²) < 4.78 is 5.65. The zero-order chi connectivity index (χ0) is 24.0. The molecular weight excluding hydrogens is 432 g/mol. The molecule has 3 aliphatic rings. The standard InChI is InChI=1S/C27H30N2O5/c1-16(2)23(11-24(30)29-13-17-12-27(17,15-29)25(31)32)28-26(33)34-14-22-20-9-5-3-7-18(20)19-8-4-6-10-21(19)22/h3-10,16-17,22-23H,11-15H2,1-2H3,(H,28,33)(H,31,32)/t17?,23-,27?/m1/s1. The highest BCUT2D eigenvalue weighted by molar-refractivity contribution is 5.84. The molecule has 0 aromatic heterocycles. The van der Waals surface area contributed by atoms with Crippen molar-refractivity contribution in [3.05, 3.63) is 59.7 Å². The Morgan fingerprint density at radius 2 is 1.71 bits per heavy atom. The molecule has 0 radical (unpaired) electrons. The monoisotopic (exact) mass is 462 g/mol. The number of nitrogens with zero attached hydrogens (tertiary/aromatic N) is 1. The number of rotatable bonds is 7. The predicted molar refractivity (Wildman–Crippen MR) is 126 cm³/mol. The van der Waals surface area contributed by atoms with Gasteiger partial charge in [-0.2, -0.15) is 0 Å². The van der Waals surface area contributed by atoms with Gasteiger partial charge in [-0.3, -0.25) is 9.59 Å². The summed E-state index contributed by atoms with van der Waals surface area (Å²) in [6, 6.07) is 15.9. The largest absolute Gasteiger partial charge is 0.481 e. The van der Waals surface area contributed by atoms with Crippen molar-refractivity contribution in [3.63, 3.8) is 0 Å². The first-order chi connectivity index (χ1) is 16.3. The van der Waals surface area contributed by atoms with Crippen LogP contribution in [0, 0.1) is 17.3 Å². The Balaban J connectivity index is 1.19. The van der Waals surface area contributed by atoms with Crippen molar-refractivity contribution >= 4 is 18.0 Å². The molecule has 2 fully saturated rings. The van der Waals surface area contributed by atoms with Crippen molar-refractivity contribution in [1.82, 2.24) is 10.2 Å². The molecule has 34 heavy (non-hydrogen) atoms. The van der Waals surface area contributed by atoms with E-state index in [0.29, 0.717) is 13.0 Å². The molecule has 2 N–H and O–H groups in total. The van der Waals surface area contributed by atoms with Crippen molar-refractivity contribution in [2.75, 3.05) is 19.7 Å². The number of hydrogen-bond donors (Lipinski definition) is 2. The molecule has 178 valence electrons. The van der Waals surface area contributed by atoms with E-state index in [1.807, 2.05) is 38.1 Å². The summed E-state index contributed by atoms with van der Waals surface area (Å²) in [6.45, 7) is 4.86. The molecule has 2 aromatic rings. The number of likely N-dealkylation sites (tertiary alicyclic amines) is 1. The Morgan fingerprint density at radius 1 is 1.09 bits per heavy atom. The summed E-state index contributed by atoms with van der Waals surface area (Å²) in [7, 11) is 0. The molecule has 2 unspecified atom stereocenters. The molecule has 5 rings (SSSR count). The number of benzene rings is 2. The van der Waals surface area contributed by atoms with Crippen LogP contribution in [0.25, 0.3) is 11.1 Å². The quantitative estimate of drug-likeness (QED) is 0.651. The van der Waals surface area contributed by atoms with Crippen LogP contribution in [0.1, 0.15) is 43.7 Å². The van der Waals surface area contributed by atoms with Gasteiger partial charge in [0.15, 0.2) is 0 Å². The second kappa shape index (κ2) is 8.46. The van der Waals surface area contributed by atoms with Crippen LogP contribution >= 0.6 is 0 Å². The van der Waals surface area contributed by atoms with Crippen LogP contribution in [0.15, 0.2) is 48.5 Å². The number of amides is 2. The number of carboxylic acid groups (broad SMARTS) is 1. The van der Waals surface area contributed by atoms with Gasteiger partial charge in [0, 0.05) is 31.5 Å². The van der Waals surface area contributed by atoms with E-state index in [1.54, 1.807) is 4.90 Å². The summed E-state index contributed by atoms with van der Waals surface area (Å²) >= 11 is 0. The Labute approximate surface area is 199 Å². The number of carbonyl (C=O) groups excluding carboxylic acids is 2. The molecule has 1 heterocycles.